The summed E-state index contributed by atoms with van der Waals surface area (Å²) in [4.78, 5) is 33.8. The molecule has 2 rings (SSSR count). The zero-order valence-electron chi connectivity index (χ0n) is 8.40. The smallest absolute Gasteiger partial charge is 0.259 e. The molecule has 0 unspecified atom stereocenters. The number of carbonyl (C=O) groups is 3. The molecule has 1 amide bonds. The van der Waals surface area contributed by atoms with Crippen LogP contribution >= 0.6 is 0 Å². The number of para-hydroxylation sites is 1. The Morgan fingerprint density at radius 3 is 2.38 bits per heavy atom. The Hall–Kier alpha value is -2.23. The fraction of sp³-hybridized carbons (Fsp3) is 0.0833. The van der Waals surface area contributed by atoms with Gasteiger partial charge < -0.3 is 5.32 Å². The first-order chi connectivity index (χ1) is 7.66. The summed E-state index contributed by atoms with van der Waals surface area (Å²) in [6.07, 6.45) is 0.901. The standard InChI is InChI=1S/C12H9NO3/c14-9-6-10(11(15)7-9)12(16)13-8-4-2-1-3-5-8/h1-6H,7H2,(H,13,16). The normalized spacial score (nSPS) is 14.9. The number of nitrogens with one attached hydrogen (secondary N) is 1. The van der Waals surface area contributed by atoms with Crippen LogP contribution < -0.4 is 5.32 Å². The molecular formula is C12H9NO3. The number of Topliss-reactive ketones (excluding diaryl/α,β-unsaturated/α-hetero) is 1. The predicted molar refractivity (Wildman–Crippen MR) is 57.8 cm³/mol. The summed E-state index contributed by atoms with van der Waals surface area (Å²) in [7, 11) is 0. The van der Waals surface area contributed by atoms with Crippen molar-refractivity contribution in [2.75, 3.05) is 5.32 Å². The molecule has 0 aromatic heterocycles. The van der Waals surface area contributed by atoms with Crippen molar-refractivity contribution < 1.29 is 14.4 Å². The van der Waals surface area contributed by atoms with E-state index < -0.39 is 11.7 Å². The van der Waals surface area contributed by atoms with Gasteiger partial charge in [-0.05, 0) is 18.2 Å². The van der Waals surface area contributed by atoms with Crippen molar-refractivity contribution in [1.29, 1.82) is 0 Å². The van der Waals surface area contributed by atoms with Gasteiger partial charge in [-0.3, -0.25) is 14.4 Å². The number of hydrogen-bond acceptors (Lipinski definition) is 3. The van der Waals surface area contributed by atoms with Crippen LogP contribution in [-0.4, -0.2) is 17.5 Å². The highest BCUT2D eigenvalue weighted by molar-refractivity contribution is 6.33. The van der Waals surface area contributed by atoms with E-state index in [2.05, 4.69) is 5.32 Å². The van der Waals surface area contributed by atoms with Gasteiger partial charge in [-0.1, -0.05) is 18.2 Å². The molecule has 4 nitrogen and oxygen atoms in total. The Kier molecular flexibility index (Phi) is 2.64. The highest BCUT2D eigenvalue weighted by atomic mass is 16.2. The molecule has 16 heavy (non-hydrogen) atoms. The minimum absolute atomic E-state index is 0.0612. The Bertz CT molecular complexity index is 488. The Morgan fingerprint density at radius 1 is 1.12 bits per heavy atom. The second kappa shape index (κ2) is 4.10. The Balaban J connectivity index is 2.13. The summed E-state index contributed by atoms with van der Waals surface area (Å²) in [6.45, 7) is 0. The minimum atomic E-state index is -0.526. The van der Waals surface area contributed by atoms with Crippen LogP contribution in [0.2, 0.25) is 0 Å². The van der Waals surface area contributed by atoms with E-state index in [9.17, 15) is 14.4 Å². The lowest BCUT2D eigenvalue weighted by Gasteiger charge is -2.03. The number of hydrogen-bond donors (Lipinski definition) is 1. The van der Waals surface area contributed by atoms with Crippen molar-refractivity contribution in [2.24, 2.45) is 0 Å². The summed E-state index contributed by atoms with van der Waals surface area (Å²) < 4.78 is 0. The van der Waals surface area contributed by atoms with E-state index in [0.29, 0.717) is 5.69 Å². The molecule has 0 saturated carbocycles. The van der Waals surface area contributed by atoms with E-state index in [1.165, 1.54) is 0 Å². The molecule has 0 radical (unpaired) electrons. The Labute approximate surface area is 92.0 Å². The molecule has 1 aliphatic rings. The van der Waals surface area contributed by atoms with Crippen LogP contribution in [0.4, 0.5) is 5.69 Å². The molecule has 1 aliphatic carbocycles. The van der Waals surface area contributed by atoms with E-state index >= 15 is 0 Å². The van der Waals surface area contributed by atoms with Crippen molar-refractivity contribution in [3.05, 3.63) is 42.0 Å². The van der Waals surface area contributed by atoms with Crippen LogP contribution in [0.1, 0.15) is 6.42 Å². The maximum atomic E-state index is 11.6. The lowest BCUT2D eigenvalue weighted by molar-refractivity contribution is -0.121. The largest absolute Gasteiger partial charge is 0.322 e. The number of carbonyl (C=O) groups excluding carboxylic acids is 3. The van der Waals surface area contributed by atoms with Gasteiger partial charge >= 0.3 is 0 Å². The summed E-state index contributed by atoms with van der Waals surface area (Å²) in [6, 6.07) is 8.77. The molecule has 1 N–H and O–H groups in total. The number of benzene rings is 1. The van der Waals surface area contributed by atoms with Gasteiger partial charge in [-0.15, -0.1) is 0 Å². The third-order valence-corrected chi connectivity index (χ3v) is 2.22. The number of ketones is 2. The van der Waals surface area contributed by atoms with E-state index in [-0.39, 0.29) is 17.8 Å². The van der Waals surface area contributed by atoms with Crippen molar-refractivity contribution in [3.8, 4) is 0 Å². The zero-order chi connectivity index (χ0) is 11.5. The quantitative estimate of drug-likeness (QED) is 0.593. The SMILES string of the molecule is O=C1C=C(C(=O)Nc2ccccc2)C(=O)C1. The van der Waals surface area contributed by atoms with Crippen molar-refractivity contribution in [2.45, 2.75) is 6.42 Å². The minimum Gasteiger partial charge on any atom is -0.322 e. The summed E-state index contributed by atoms with van der Waals surface area (Å²) in [5.41, 5.74) is 0.536. The van der Waals surface area contributed by atoms with Crippen molar-refractivity contribution in [3.63, 3.8) is 0 Å². The first-order valence-electron chi connectivity index (χ1n) is 4.81. The van der Waals surface area contributed by atoms with Gasteiger partial charge in [0.25, 0.3) is 5.91 Å². The van der Waals surface area contributed by atoms with Gasteiger partial charge in [0.15, 0.2) is 11.6 Å². The van der Waals surface area contributed by atoms with Crippen LogP contribution in [0.3, 0.4) is 0 Å². The van der Waals surface area contributed by atoms with Crippen LogP contribution in [-0.2, 0) is 14.4 Å². The third kappa shape index (κ3) is 2.06. The lowest BCUT2D eigenvalue weighted by Crippen LogP contribution is -2.17. The van der Waals surface area contributed by atoms with Gasteiger partial charge in [-0.25, -0.2) is 0 Å². The van der Waals surface area contributed by atoms with Crippen molar-refractivity contribution in [1.82, 2.24) is 0 Å². The van der Waals surface area contributed by atoms with Crippen LogP contribution in [0.25, 0.3) is 0 Å². The van der Waals surface area contributed by atoms with Crippen LogP contribution in [0.15, 0.2) is 42.0 Å². The fourth-order valence-electron chi connectivity index (χ4n) is 1.46. The molecular weight excluding hydrogens is 206 g/mol. The molecule has 80 valence electrons. The van der Waals surface area contributed by atoms with Gasteiger partial charge in [-0.2, -0.15) is 0 Å². The maximum absolute atomic E-state index is 11.6. The van der Waals surface area contributed by atoms with Crippen LogP contribution in [0.5, 0.6) is 0 Å². The molecule has 0 heterocycles. The molecule has 0 fully saturated rings. The number of rotatable bonds is 2. The molecule has 1 aromatic carbocycles. The van der Waals surface area contributed by atoms with Gasteiger partial charge in [0.1, 0.15) is 0 Å². The topological polar surface area (TPSA) is 63.2 Å². The highest BCUT2D eigenvalue weighted by Crippen LogP contribution is 2.14. The van der Waals surface area contributed by atoms with E-state index in [1.807, 2.05) is 6.07 Å². The average Bonchev–Trinajstić information content (AvgIpc) is 2.59. The van der Waals surface area contributed by atoms with E-state index in [1.54, 1.807) is 24.3 Å². The average molecular weight is 215 g/mol. The number of anilines is 1. The first kappa shape index (κ1) is 10.3. The monoisotopic (exact) mass is 215 g/mol. The maximum Gasteiger partial charge on any atom is 0.259 e. The summed E-state index contributed by atoms with van der Waals surface area (Å²) in [5, 5.41) is 2.55. The molecule has 0 bridgehead atoms. The zero-order valence-corrected chi connectivity index (χ0v) is 8.40. The highest BCUT2D eigenvalue weighted by Gasteiger charge is 2.26. The summed E-state index contributed by atoms with van der Waals surface area (Å²) in [5.74, 6) is -1.26. The van der Waals surface area contributed by atoms with Crippen LogP contribution in [0, 0.1) is 0 Å². The number of amides is 1. The molecule has 0 spiro atoms. The predicted octanol–water partition coefficient (Wildman–Crippen LogP) is 1.09. The second-order valence-corrected chi connectivity index (χ2v) is 3.44. The first-order valence-corrected chi connectivity index (χ1v) is 4.81. The molecule has 4 heteroatoms. The van der Waals surface area contributed by atoms with Gasteiger partial charge in [0.2, 0.25) is 0 Å². The number of allylic oxidation sites excluding steroid dienone is 1. The lowest BCUT2D eigenvalue weighted by atomic mass is 10.2. The summed E-state index contributed by atoms with van der Waals surface area (Å²) >= 11 is 0. The fourth-order valence-corrected chi connectivity index (χ4v) is 1.46. The van der Waals surface area contributed by atoms with Gasteiger partial charge in [0, 0.05) is 5.69 Å². The third-order valence-electron chi connectivity index (χ3n) is 2.22. The second-order valence-electron chi connectivity index (χ2n) is 3.44. The van der Waals surface area contributed by atoms with Crippen molar-refractivity contribution >= 4 is 23.2 Å². The molecule has 0 saturated heterocycles. The Morgan fingerprint density at radius 2 is 1.81 bits per heavy atom. The molecule has 0 atom stereocenters. The van der Waals surface area contributed by atoms with E-state index in [4.69, 9.17) is 0 Å². The van der Waals surface area contributed by atoms with E-state index in [0.717, 1.165) is 6.08 Å². The van der Waals surface area contributed by atoms with Gasteiger partial charge in [0.05, 0.1) is 12.0 Å². The molecule has 1 aromatic rings. The molecule has 0 aliphatic heterocycles.